The summed E-state index contributed by atoms with van der Waals surface area (Å²) in [5, 5.41) is 2.71. The van der Waals surface area contributed by atoms with E-state index < -0.39 is 5.60 Å². The van der Waals surface area contributed by atoms with E-state index in [0.29, 0.717) is 6.54 Å². The third-order valence-electron chi connectivity index (χ3n) is 2.19. The van der Waals surface area contributed by atoms with Crippen molar-refractivity contribution in [2.45, 2.75) is 44.8 Å². The minimum absolute atomic E-state index is 0.114. The number of methoxy groups -OCH3 is 1. The fourth-order valence-electron chi connectivity index (χ4n) is 1.14. The molecule has 0 atom stereocenters. The lowest BCUT2D eigenvalue weighted by atomic mass is 10.2. The third kappa shape index (κ3) is 3.54. The Hall–Kier alpha value is -0.770. The van der Waals surface area contributed by atoms with Gasteiger partial charge in [0.25, 0.3) is 0 Å². The predicted octanol–water partition coefficient (Wildman–Crippen LogP) is 1.69. The van der Waals surface area contributed by atoms with Gasteiger partial charge in [-0.3, -0.25) is 0 Å². The van der Waals surface area contributed by atoms with Crippen LogP contribution in [0.5, 0.6) is 0 Å². The number of carbonyl (C=O) groups is 1. The Labute approximate surface area is 85.0 Å². The maximum atomic E-state index is 11.3. The van der Waals surface area contributed by atoms with E-state index in [1.165, 1.54) is 0 Å². The van der Waals surface area contributed by atoms with Crippen LogP contribution in [0.25, 0.3) is 0 Å². The second-order valence-corrected chi connectivity index (χ2v) is 4.74. The average molecular weight is 201 g/mol. The summed E-state index contributed by atoms with van der Waals surface area (Å²) in [5.74, 6) is 0. The van der Waals surface area contributed by atoms with E-state index in [1.54, 1.807) is 7.11 Å². The maximum Gasteiger partial charge on any atom is 0.407 e. The molecule has 0 bridgehead atoms. The molecule has 1 rings (SSSR count). The van der Waals surface area contributed by atoms with Gasteiger partial charge in [0, 0.05) is 13.7 Å². The van der Waals surface area contributed by atoms with Gasteiger partial charge in [0.2, 0.25) is 0 Å². The third-order valence-corrected chi connectivity index (χ3v) is 2.19. The number of ether oxygens (including phenoxy) is 2. The Kier molecular flexibility index (Phi) is 3.04. The van der Waals surface area contributed by atoms with Gasteiger partial charge in [0.15, 0.2) is 0 Å². The zero-order valence-electron chi connectivity index (χ0n) is 9.35. The van der Waals surface area contributed by atoms with E-state index >= 15 is 0 Å². The van der Waals surface area contributed by atoms with Crippen molar-refractivity contribution in [1.29, 1.82) is 0 Å². The van der Waals surface area contributed by atoms with Gasteiger partial charge in [-0.05, 0) is 33.6 Å². The predicted molar refractivity (Wildman–Crippen MR) is 53.2 cm³/mol. The van der Waals surface area contributed by atoms with Crippen molar-refractivity contribution in [3.05, 3.63) is 0 Å². The molecule has 0 aromatic carbocycles. The highest BCUT2D eigenvalue weighted by atomic mass is 16.6. The maximum absolute atomic E-state index is 11.3. The fourth-order valence-corrected chi connectivity index (χ4v) is 1.14. The van der Waals surface area contributed by atoms with E-state index in [4.69, 9.17) is 9.47 Å². The van der Waals surface area contributed by atoms with Crippen LogP contribution < -0.4 is 5.32 Å². The Balaban J connectivity index is 2.22. The molecule has 4 nitrogen and oxygen atoms in total. The molecule has 0 aromatic rings. The van der Waals surface area contributed by atoms with Crippen LogP contribution >= 0.6 is 0 Å². The van der Waals surface area contributed by atoms with Crippen molar-refractivity contribution >= 4 is 6.09 Å². The van der Waals surface area contributed by atoms with E-state index in [2.05, 4.69) is 5.32 Å². The van der Waals surface area contributed by atoms with Crippen LogP contribution in [0, 0.1) is 0 Å². The summed E-state index contributed by atoms with van der Waals surface area (Å²) in [4.78, 5) is 11.3. The molecule has 0 unspecified atom stereocenters. The number of amides is 1. The van der Waals surface area contributed by atoms with Crippen molar-refractivity contribution in [1.82, 2.24) is 5.32 Å². The van der Waals surface area contributed by atoms with E-state index in [-0.39, 0.29) is 11.7 Å². The molecule has 0 aliphatic heterocycles. The van der Waals surface area contributed by atoms with Gasteiger partial charge < -0.3 is 14.8 Å². The number of rotatable bonds is 3. The van der Waals surface area contributed by atoms with Crippen LogP contribution in [0.4, 0.5) is 4.79 Å². The lowest BCUT2D eigenvalue weighted by Gasteiger charge is -2.21. The lowest BCUT2D eigenvalue weighted by molar-refractivity contribution is 0.0415. The first-order valence-corrected chi connectivity index (χ1v) is 4.89. The van der Waals surface area contributed by atoms with Crippen LogP contribution in [0.3, 0.4) is 0 Å². The normalized spacial score (nSPS) is 18.9. The summed E-state index contributed by atoms with van der Waals surface area (Å²) in [6.45, 7) is 6.07. The molecule has 1 amide bonds. The summed E-state index contributed by atoms with van der Waals surface area (Å²) in [5.41, 5.74) is -0.551. The topological polar surface area (TPSA) is 47.6 Å². The fraction of sp³-hybridized carbons (Fsp3) is 0.900. The lowest BCUT2D eigenvalue weighted by Crippen LogP contribution is -2.38. The summed E-state index contributed by atoms with van der Waals surface area (Å²) in [6.07, 6.45) is 1.65. The Morgan fingerprint density at radius 3 is 2.36 bits per heavy atom. The van der Waals surface area contributed by atoms with Gasteiger partial charge in [-0.15, -0.1) is 0 Å². The highest BCUT2D eigenvalue weighted by Gasteiger charge is 2.43. The minimum atomic E-state index is -0.437. The van der Waals surface area contributed by atoms with E-state index in [1.807, 2.05) is 20.8 Å². The Morgan fingerprint density at radius 1 is 1.43 bits per heavy atom. The second-order valence-electron chi connectivity index (χ2n) is 4.74. The van der Waals surface area contributed by atoms with E-state index in [0.717, 1.165) is 12.8 Å². The number of nitrogens with one attached hydrogen (secondary N) is 1. The van der Waals surface area contributed by atoms with E-state index in [9.17, 15) is 4.79 Å². The molecule has 14 heavy (non-hydrogen) atoms. The molecule has 4 heteroatoms. The zero-order valence-corrected chi connectivity index (χ0v) is 9.35. The Morgan fingerprint density at radius 2 is 2.00 bits per heavy atom. The average Bonchev–Trinajstić information content (AvgIpc) is 2.78. The van der Waals surface area contributed by atoms with Gasteiger partial charge in [-0.2, -0.15) is 0 Å². The molecule has 1 aliphatic carbocycles. The first kappa shape index (κ1) is 11.3. The van der Waals surface area contributed by atoms with Crippen LogP contribution in [0.1, 0.15) is 33.6 Å². The first-order valence-electron chi connectivity index (χ1n) is 4.89. The molecule has 0 saturated heterocycles. The van der Waals surface area contributed by atoms with Gasteiger partial charge >= 0.3 is 6.09 Å². The van der Waals surface area contributed by atoms with Crippen molar-refractivity contribution in [3.8, 4) is 0 Å². The summed E-state index contributed by atoms with van der Waals surface area (Å²) >= 11 is 0. The smallest absolute Gasteiger partial charge is 0.407 e. The quantitative estimate of drug-likeness (QED) is 0.755. The highest BCUT2D eigenvalue weighted by Crippen LogP contribution is 2.37. The number of carbonyl (C=O) groups excluding carboxylic acids is 1. The van der Waals surface area contributed by atoms with Crippen LogP contribution in [-0.2, 0) is 9.47 Å². The molecule has 82 valence electrons. The molecule has 1 N–H and O–H groups in total. The van der Waals surface area contributed by atoms with Gasteiger partial charge in [0.05, 0.1) is 5.60 Å². The second kappa shape index (κ2) is 3.77. The van der Waals surface area contributed by atoms with Crippen LogP contribution in [-0.4, -0.2) is 30.9 Å². The molecular formula is C10H19NO3. The number of hydrogen-bond donors (Lipinski definition) is 1. The molecular weight excluding hydrogens is 182 g/mol. The monoisotopic (exact) mass is 201 g/mol. The standard InChI is InChI=1S/C10H19NO3/c1-9(2,3)14-8(12)11-7-10(13-4)5-6-10/h5-7H2,1-4H3,(H,11,12). The Bertz CT molecular complexity index is 216. The minimum Gasteiger partial charge on any atom is -0.444 e. The molecule has 1 saturated carbocycles. The van der Waals surface area contributed by atoms with Crippen LogP contribution in [0.2, 0.25) is 0 Å². The van der Waals surface area contributed by atoms with Crippen molar-refractivity contribution in [2.75, 3.05) is 13.7 Å². The largest absolute Gasteiger partial charge is 0.444 e. The molecule has 0 spiro atoms. The molecule has 1 aliphatic rings. The molecule has 1 fully saturated rings. The summed E-state index contributed by atoms with van der Waals surface area (Å²) in [7, 11) is 1.67. The van der Waals surface area contributed by atoms with Crippen molar-refractivity contribution in [2.24, 2.45) is 0 Å². The first-order chi connectivity index (χ1) is 6.37. The van der Waals surface area contributed by atoms with Gasteiger partial charge in [0.1, 0.15) is 5.60 Å². The number of hydrogen-bond acceptors (Lipinski definition) is 3. The molecule has 0 aromatic heterocycles. The van der Waals surface area contributed by atoms with Gasteiger partial charge in [-0.1, -0.05) is 0 Å². The van der Waals surface area contributed by atoms with Gasteiger partial charge in [-0.25, -0.2) is 4.79 Å². The summed E-state index contributed by atoms with van der Waals surface area (Å²) in [6, 6.07) is 0. The van der Waals surface area contributed by atoms with Crippen molar-refractivity contribution in [3.63, 3.8) is 0 Å². The summed E-state index contributed by atoms with van der Waals surface area (Å²) < 4.78 is 10.4. The highest BCUT2D eigenvalue weighted by molar-refractivity contribution is 5.67. The number of alkyl carbamates (subject to hydrolysis) is 1. The van der Waals surface area contributed by atoms with Crippen LogP contribution in [0.15, 0.2) is 0 Å². The van der Waals surface area contributed by atoms with Crippen molar-refractivity contribution < 1.29 is 14.3 Å². The zero-order chi connectivity index (χ0) is 10.8. The molecule has 0 heterocycles. The molecule has 0 radical (unpaired) electrons. The SMILES string of the molecule is COC1(CNC(=O)OC(C)(C)C)CC1.